The monoisotopic (exact) mass is 480 g/mol. The van der Waals surface area contributed by atoms with Crippen molar-refractivity contribution in [3.63, 3.8) is 0 Å². The molecule has 0 spiro atoms. The Hall–Kier alpha value is -1.59. The van der Waals surface area contributed by atoms with E-state index in [0.717, 1.165) is 63.4 Å². The quantitative estimate of drug-likeness (QED) is 0.528. The lowest BCUT2D eigenvalue weighted by Crippen LogP contribution is -2.46. The first kappa shape index (κ1) is 19.7. The van der Waals surface area contributed by atoms with Gasteiger partial charge in [0.25, 0.3) is 0 Å². The van der Waals surface area contributed by atoms with Crippen LogP contribution in [0.2, 0.25) is 0 Å². The normalized spacial score (nSPS) is 15.8. The zero-order valence-corrected chi connectivity index (χ0v) is 18.7. The molecule has 28 heavy (non-hydrogen) atoms. The van der Waals surface area contributed by atoms with Crippen LogP contribution in [0.15, 0.2) is 39.3 Å². The fraction of sp³-hybridized carbons (Fsp3) is 0.389. The fourth-order valence-corrected chi connectivity index (χ4v) is 4.54. The zero-order valence-electron chi connectivity index (χ0n) is 15.5. The molecule has 1 aromatic carbocycles. The third-order valence-electron chi connectivity index (χ3n) is 4.54. The van der Waals surface area contributed by atoms with Crippen LogP contribution in [-0.2, 0) is 13.2 Å². The number of aryl methyl sites for hydroxylation is 1. The van der Waals surface area contributed by atoms with Crippen LogP contribution in [0.4, 0.5) is 10.8 Å². The Morgan fingerprint density at radius 3 is 2.71 bits per heavy atom. The average Bonchev–Trinajstić information content (AvgIpc) is 3.22. The van der Waals surface area contributed by atoms with Gasteiger partial charge in [0, 0.05) is 42.4 Å². The molecular weight excluding hydrogens is 460 g/mol. The van der Waals surface area contributed by atoms with Crippen molar-refractivity contribution in [3.05, 3.63) is 50.2 Å². The summed E-state index contributed by atoms with van der Waals surface area (Å²) in [5.74, 6) is 0.927. The van der Waals surface area contributed by atoms with E-state index >= 15 is 0 Å². The highest BCUT2D eigenvalue weighted by Crippen LogP contribution is 2.23. The number of aromatic nitrogens is 3. The molecule has 1 fully saturated rings. The number of anilines is 2. The number of hydrogen-bond donors (Lipinski definition) is 1. The van der Waals surface area contributed by atoms with E-state index in [1.807, 2.05) is 41.9 Å². The minimum atomic E-state index is 0.713. The number of nitrogens with one attached hydrogen (secondary N) is 1. The lowest BCUT2D eigenvalue weighted by Gasteiger charge is -2.33. The highest BCUT2D eigenvalue weighted by molar-refractivity contribution is 9.10. The molecule has 0 bridgehead atoms. The smallest absolute Gasteiger partial charge is 0.209 e. The predicted molar refractivity (Wildman–Crippen MR) is 116 cm³/mol. The zero-order chi connectivity index (χ0) is 19.5. The maximum absolute atomic E-state index is 5.51. The molecule has 3 aromatic rings. The average molecular weight is 481 g/mol. The first-order valence-electron chi connectivity index (χ1n) is 9.02. The largest absolute Gasteiger partial charge is 0.360 e. The van der Waals surface area contributed by atoms with Gasteiger partial charge in [0.15, 0.2) is 9.71 Å². The molecule has 1 aliphatic heterocycles. The van der Waals surface area contributed by atoms with Crippen molar-refractivity contribution >= 4 is 50.3 Å². The number of halogens is 1. The van der Waals surface area contributed by atoms with E-state index in [1.54, 1.807) is 0 Å². The highest BCUT2D eigenvalue weighted by Gasteiger charge is 2.19. The summed E-state index contributed by atoms with van der Waals surface area (Å²) in [6, 6.07) is 10.0. The molecule has 0 saturated carbocycles. The molecule has 10 heteroatoms. The summed E-state index contributed by atoms with van der Waals surface area (Å²) in [5.41, 5.74) is 1.92. The molecule has 0 unspecified atom stereocenters. The maximum atomic E-state index is 5.51. The maximum Gasteiger partial charge on any atom is 0.209 e. The Balaban J connectivity index is 1.31. The van der Waals surface area contributed by atoms with Gasteiger partial charge in [0.05, 0.1) is 18.9 Å². The van der Waals surface area contributed by atoms with Crippen LogP contribution < -0.4 is 5.32 Å². The van der Waals surface area contributed by atoms with Gasteiger partial charge >= 0.3 is 0 Å². The van der Waals surface area contributed by atoms with Gasteiger partial charge in [0.2, 0.25) is 5.13 Å². The second-order valence-electron chi connectivity index (χ2n) is 6.78. The Morgan fingerprint density at radius 2 is 2.00 bits per heavy atom. The van der Waals surface area contributed by atoms with Gasteiger partial charge in [-0.3, -0.25) is 9.80 Å². The topological polar surface area (TPSA) is 62.4 Å². The SMILES string of the molecule is Cc1cc(CN2CCN(Cn3nc(Nc4cccc(Br)c4)sc3=S)CC2)on1. The summed E-state index contributed by atoms with van der Waals surface area (Å²) in [4.78, 5) is 4.76. The molecule has 4 rings (SSSR count). The first-order chi connectivity index (χ1) is 13.5. The summed E-state index contributed by atoms with van der Waals surface area (Å²) >= 11 is 10.5. The molecule has 0 atom stereocenters. The van der Waals surface area contributed by atoms with Crippen molar-refractivity contribution in [1.82, 2.24) is 24.7 Å². The van der Waals surface area contributed by atoms with Gasteiger partial charge in [-0.2, -0.15) is 0 Å². The van der Waals surface area contributed by atoms with Gasteiger partial charge in [-0.25, -0.2) is 4.68 Å². The van der Waals surface area contributed by atoms with Crippen molar-refractivity contribution in [3.8, 4) is 0 Å². The third kappa shape index (κ3) is 5.06. The van der Waals surface area contributed by atoms with Crippen LogP contribution in [0.5, 0.6) is 0 Å². The Bertz CT molecular complexity index is 992. The van der Waals surface area contributed by atoms with E-state index in [2.05, 4.69) is 41.3 Å². The van der Waals surface area contributed by atoms with E-state index in [0.29, 0.717) is 6.67 Å². The van der Waals surface area contributed by atoms with Crippen LogP contribution in [-0.4, -0.2) is 50.9 Å². The van der Waals surface area contributed by atoms with Crippen LogP contribution in [0.3, 0.4) is 0 Å². The summed E-state index contributed by atoms with van der Waals surface area (Å²) in [6.45, 7) is 7.39. The highest BCUT2D eigenvalue weighted by atomic mass is 79.9. The lowest BCUT2D eigenvalue weighted by atomic mass is 10.3. The Kier molecular flexibility index (Phi) is 6.22. The van der Waals surface area contributed by atoms with Crippen molar-refractivity contribution in [1.29, 1.82) is 0 Å². The minimum absolute atomic E-state index is 0.713. The van der Waals surface area contributed by atoms with Crippen molar-refractivity contribution < 1.29 is 4.52 Å². The second kappa shape index (κ2) is 8.83. The molecule has 0 radical (unpaired) electrons. The summed E-state index contributed by atoms with van der Waals surface area (Å²) in [7, 11) is 0. The summed E-state index contributed by atoms with van der Waals surface area (Å²) in [5, 5.41) is 12.7. The first-order valence-corrected chi connectivity index (χ1v) is 11.0. The standard InChI is InChI=1S/C18H21BrN6OS2/c1-13-9-16(26-22-13)11-23-5-7-24(8-6-23)12-25-18(27)28-17(21-25)20-15-4-2-3-14(19)10-15/h2-4,9-10H,5-8,11-12H2,1H3,(H,20,21). The van der Waals surface area contributed by atoms with Crippen LogP contribution >= 0.6 is 39.5 Å². The number of benzene rings is 1. The van der Waals surface area contributed by atoms with E-state index in [4.69, 9.17) is 16.7 Å². The van der Waals surface area contributed by atoms with Crippen molar-refractivity contribution in [2.75, 3.05) is 31.5 Å². The number of piperazine rings is 1. The van der Waals surface area contributed by atoms with Crippen molar-refractivity contribution in [2.24, 2.45) is 0 Å². The second-order valence-corrected chi connectivity index (χ2v) is 9.32. The molecule has 7 nitrogen and oxygen atoms in total. The van der Waals surface area contributed by atoms with Gasteiger partial charge in [-0.1, -0.05) is 38.5 Å². The number of nitrogens with zero attached hydrogens (tertiary/aromatic N) is 5. The Labute approximate surface area is 181 Å². The molecule has 3 heterocycles. The number of hydrogen-bond acceptors (Lipinski definition) is 8. The van der Waals surface area contributed by atoms with E-state index in [-0.39, 0.29) is 0 Å². The van der Waals surface area contributed by atoms with Crippen LogP contribution in [0.25, 0.3) is 0 Å². The van der Waals surface area contributed by atoms with Gasteiger partial charge in [-0.15, -0.1) is 5.10 Å². The molecule has 1 saturated heterocycles. The van der Waals surface area contributed by atoms with E-state index in [9.17, 15) is 0 Å². The molecule has 1 aliphatic rings. The minimum Gasteiger partial charge on any atom is -0.360 e. The van der Waals surface area contributed by atoms with Gasteiger partial charge in [-0.05, 0) is 37.3 Å². The molecule has 148 valence electrons. The summed E-state index contributed by atoms with van der Waals surface area (Å²) < 4.78 is 9.02. The fourth-order valence-electron chi connectivity index (χ4n) is 3.13. The molecule has 0 aliphatic carbocycles. The molecule has 0 amide bonds. The molecular formula is C18H21BrN6OS2. The predicted octanol–water partition coefficient (Wildman–Crippen LogP) is 4.25. The lowest BCUT2D eigenvalue weighted by molar-refractivity contribution is 0.0924. The van der Waals surface area contributed by atoms with Gasteiger partial charge < -0.3 is 9.84 Å². The Morgan fingerprint density at radius 1 is 1.21 bits per heavy atom. The van der Waals surface area contributed by atoms with E-state index in [1.165, 1.54) is 11.3 Å². The third-order valence-corrected chi connectivity index (χ3v) is 6.25. The molecule has 2 aromatic heterocycles. The van der Waals surface area contributed by atoms with Crippen LogP contribution in [0.1, 0.15) is 11.5 Å². The van der Waals surface area contributed by atoms with E-state index < -0.39 is 0 Å². The van der Waals surface area contributed by atoms with Gasteiger partial charge in [0.1, 0.15) is 0 Å². The molecule has 1 N–H and O–H groups in total. The van der Waals surface area contributed by atoms with Crippen molar-refractivity contribution in [2.45, 2.75) is 20.1 Å². The van der Waals surface area contributed by atoms with Crippen LogP contribution in [0, 0.1) is 10.9 Å². The number of rotatable bonds is 6. The summed E-state index contributed by atoms with van der Waals surface area (Å²) in [6.07, 6.45) is 0.